The number of halogens is 2. The van der Waals surface area contributed by atoms with Crippen molar-refractivity contribution in [2.45, 2.75) is 26.5 Å². The van der Waals surface area contributed by atoms with Crippen LogP contribution in [0.15, 0.2) is 42.5 Å². The van der Waals surface area contributed by atoms with Crippen molar-refractivity contribution in [3.63, 3.8) is 0 Å². The van der Waals surface area contributed by atoms with Crippen molar-refractivity contribution in [2.75, 3.05) is 7.05 Å². The Morgan fingerprint density at radius 2 is 1.62 bits per heavy atom. The van der Waals surface area contributed by atoms with Gasteiger partial charge in [-0.15, -0.1) is 0 Å². The van der Waals surface area contributed by atoms with Gasteiger partial charge in [0.1, 0.15) is 5.75 Å². The fourth-order valence-electron chi connectivity index (χ4n) is 2.57. The molecule has 0 aromatic heterocycles. The summed E-state index contributed by atoms with van der Waals surface area (Å²) in [5.41, 5.74) is 4.33. The molecule has 2 nitrogen and oxygen atoms in total. The molecular formula is C17H19F2NO. The van der Waals surface area contributed by atoms with Crippen LogP contribution in [0.3, 0.4) is 0 Å². The van der Waals surface area contributed by atoms with Gasteiger partial charge in [-0.3, -0.25) is 0 Å². The van der Waals surface area contributed by atoms with E-state index in [1.165, 1.54) is 17.2 Å². The highest BCUT2D eigenvalue weighted by Crippen LogP contribution is 2.27. The van der Waals surface area contributed by atoms with Gasteiger partial charge in [-0.25, -0.2) is 0 Å². The normalized spacial score (nSPS) is 12.5. The number of aryl methyl sites for hydroxylation is 2. The van der Waals surface area contributed by atoms with E-state index in [2.05, 4.69) is 28.3 Å². The standard InChI is InChI=1S/C17H19F2NO/c1-11-7-12(2)9-14(8-11)16(20-3)13-5-4-6-15(10-13)21-17(18)19/h4-10,16-17,20H,1-3H3. The molecule has 2 rings (SSSR count). The first-order valence-electron chi connectivity index (χ1n) is 6.80. The van der Waals surface area contributed by atoms with Crippen molar-refractivity contribution < 1.29 is 13.5 Å². The zero-order valence-corrected chi connectivity index (χ0v) is 12.4. The Labute approximate surface area is 123 Å². The minimum Gasteiger partial charge on any atom is -0.435 e. The Balaban J connectivity index is 2.36. The van der Waals surface area contributed by atoms with E-state index in [0.29, 0.717) is 0 Å². The maximum atomic E-state index is 12.3. The Hall–Kier alpha value is -1.94. The second-order valence-corrected chi connectivity index (χ2v) is 5.09. The molecule has 0 aliphatic carbocycles. The van der Waals surface area contributed by atoms with E-state index in [9.17, 15) is 8.78 Å². The molecule has 0 aliphatic heterocycles. The Bertz CT molecular complexity index is 593. The first-order chi connectivity index (χ1) is 9.99. The summed E-state index contributed by atoms with van der Waals surface area (Å²) in [5, 5.41) is 3.23. The maximum absolute atomic E-state index is 12.3. The molecule has 0 fully saturated rings. The highest BCUT2D eigenvalue weighted by Gasteiger charge is 2.14. The number of hydrogen-bond acceptors (Lipinski definition) is 2. The van der Waals surface area contributed by atoms with Crippen LogP contribution in [0.25, 0.3) is 0 Å². The third-order valence-corrected chi connectivity index (χ3v) is 3.28. The molecule has 112 valence electrons. The summed E-state index contributed by atoms with van der Waals surface area (Å²) >= 11 is 0. The number of ether oxygens (including phenoxy) is 1. The minimum atomic E-state index is -2.81. The van der Waals surface area contributed by atoms with Gasteiger partial charge < -0.3 is 10.1 Å². The van der Waals surface area contributed by atoms with Gasteiger partial charge in [0, 0.05) is 0 Å². The van der Waals surface area contributed by atoms with Gasteiger partial charge in [0.2, 0.25) is 0 Å². The maximum Gasteiger partial charge on any atom is 0.387 e. The largest absolute Gasteiger partial charge is 0.435 e. The monoisotopic (exact) mass is 291 g/mol. The summed E-state index contributed by atoms with van der Waals surface area (Å²) in [6.07, 6.45) is 0. The van der Waals surface area contributed by atoms with Crippen LogP contribution in [-0.2, 0) is 0 Å². The van der Waals surface area contributed by atoms with Crippen molar-refractivity contribution in [3.8, 4) is 5.75 Å². The van der Waals surface area contributed by atoms with Gasteiger partial charge in [-0.05, 0) is 44.2 Å². The highest BCUT2D eigenvalue weighted by molar-refractivity contribution is 5.39. The Morgan fingerprint density at radius 3 is 2.19 bits per heavy atom. The van der Waals surface area contributed by atoms with Crippen LogP contribution in [0.2, 0.25) is 0 Å². The first-order valence-corrected chi connectivity index (χ1v) is 6.80. The van der Waals surface area contributed by atoms with Crippen LogP contribution in [0.1, 0.15) is 28.3 Å². The zero-order chi connectivity index (χ0) is 15.4. The van der Waals surface area contributed by atoms with Gasteiger partial charge in [0.15, 0.2) is 0 Å². The third kappa shape index (κ3) is 4.02. The van der Waals surface area contributed by atoms with Gasteiger partial charge in [0.05, 0.1) is 6.04 Å². The number of hydrogen-bond donors (Lipinski definition) is 1. The van der Waals surface area contributed by atoms with E-state index >= 15 is 0 Å². The fraction of sp³-hybridized carbons (Fsp3) is 0.294. The molecule has 0 radical (unpaired) electrons. The highest BCUT2D eigenvalue weighted by atomic mass is 19.3. The second-order valence-electron chi connectivity index (χ2n) is 5.09. The fourth-order valence-corrected chi connectivity index (χ4v) is 2.57. The van der Waals surface area contributed by atoms with E-state index in [1.807, 2.05) is 27.0 Å². The van der Waals surface area contributed by atoms with Gasteiger partial charge in [-0.2, -0.15) is 8.78 Å². The molecular weight excluding hydrogens is 272 g/mol. The molecule has 0 amide bonds. The van der Waals surface area contributed by atoms with E-state index in [-0.39, 0.29) is 11.8 Å². The van der Waals surface area contributed by atoms with Crippen molar-refractivity contribution in [1.29, 1.82) is 0 Å². The molecule has 1 N–H and O–H groups in total. The average molecular weight is 291 g/mol. The lowest BCUT2D eigenvalue weighted by molar-refractivity contribution is -0.0498. The quantitative estimate of drug-likeness (QED) is 0.891. The van der Waals surface area contributed by atoms with Crippen LogP contribution < -0.4 is 10.1 Å². The number of rotatable bonds is 5. The SMILES string of the molecule is CNC(c1cc(C)cc(C)c1)c1cccc(OC(F)F)c1. The van der Waals surface area contributed by atoms with Gasteiger partial charge in [0.25, 0.3) is 0 Å². The Morgan fingerprint density at radius 1 is 0.952 bits per heavy atom. The van der Waals surface area contributed by atoms with Gasteiger partial charge in [-0.1, -0.05) is 41.5 Å². The van der Waals surface area contributed by atoms with Crippen LogP contribution in [0.4, 0.5) is 8.78 Å². The molecule has 2 aromatic carbocycles. The lowest BCUT2D eigenvalue weighted by Gasteiger charge is -2.19. The molecule has 21 heavy (non-hydrogen) atoms. The predicted octanol–water partition coefficient (Wildman–Crippen LogP) is 4.21. The molecule has 0 aliphatic rings. The van der Waals surface area contributed by atoms with Crippen molar-refractivity contribution >= 4 is 0 Å². The predicted molar refractivity (Wildman–Crippen MR) is 79.9 cm³/mol. The van der Waals surface area contributed by atoms with Crippen molar-refractivity contribution in [2.24, 2.45) is 0 Å². The third-order valence-electron chi connectivity index (χ3n) is 3.28. The summed E-state index contributed by atoms with van der Waals surface area (Å²) < 4.78 is 29.1. The van der Waals surface area contributed by atoms with Crippen molar-refractivity contribution in [3.05, 3.63) is 64.7 Å². The molecule has 0 saturated carbocycles. The number of benzene rings is 2. The lowest BCUT2D eigenvalue weighted by Crippen LogP contribution is -2.18. The summed E-state index contributed by atoms with van der Waals surface area (Å²) in [5.74, 6) is 0.173. The van der Waals surface area contributed by atoms with E-state index < -0.39 is 6.61 Å². The minimum absolute atomic E-state index is 0.0650. The molecule has 0 bridgehead atoms. The first kappa shape index (κ1) is 15.4. The Kier molecular flexibility index (Phi) is 4.91. The van der Waals surface area contributed by atoms with E-state index in [0.717, 1.165) is 11.1 Å². The van der Waals surface area contributed by atoms with Crippen LogP contribution in [0, 0.1) is 13.8 Å². The topological polar surface area (TPSA) is 21.3 Å². The summed E-state index contributed by atoms with van der Waals surface area (Å²) in [6.45, 7) is 1.27. The zero-order valence-electron chi connectivity index (χ0n) is 12.4. The number of alkyl halides is 2. The molecule has 1 unspecified atom stereocenters. The van der Waals surface area contributed by atoms with Crippen LogP contribution in [-0.4, -0.2) is 13.7 Å². The molecule has 2 aromatic rings. The molecule has 4 heteroatoms. The molecule has 0 spiro atoms. The van der Waals surface area contributed by atoms with Crippen LogP contribution in [0.5, 0.6) is 5.75 Å². The molecule has 0 heterocycles. The van der Waals surface area contributed by atoms with E-state index in [4.69, 9.17) is 0 Å². The average Bonchev–Trinajstić information content (AvgIpc) is 2.38. The van der Waals surface area contributed by atoms with Gasteiger partial charge >= 0.3 is 6.61 Å². The molecule has 1 atom stereocenters. The lowest BCUT2D eigenvalue weighted by atomic mass is 9.95. The number of nitrogens with one attached hydrogen (secondary N) is 1. The summed E-state index contributed by atoms with van der Waals surface area (Å²) in [7, 11) is 1.85. The van der Waals surface area contributed by atoms with Crippen LogP contribution >= 0.6 is 0 Å². The summed E-state index contributed by atoms with van der Waals surface area (Å²) in [4.78, 5) is 0. The van der Waals surface area contributed by atoms with Crippen molar-refractivity contribution in [1.82, 2.24) is 5.32 Å². The smallest absolute Gasteiger partial charge is 0.387 e. The van der Waals surface area contributed by atoms with E-state index in [1.54, 1.807) is 12.1 Å². The summed E-state index contributed by atoms with van der Waals surface area (Å²) in [6, 6.07) is 13.0. The second kappa shape index (κ2) is 6.68. The molecule has 0 saturated heterocycles.